The number of nitrogens with one attached hydrogen (secondary N) is 1. The fourth-order valence-electron chi connectivity index (χ4n) is 2.33. The lowest BCUT2D eigenvalue weighted by molar-refractivity contribution is -0.384. The summed E-state index contributed by atoms with van der Waals surface area (Å²) in [4.78, 5) is 10.5. The van der Waals surface area contributed by atoms with E-state index in [1.165, 1.54) is 6.07 Å². The van der Waals surface area contributed by atoms with Crippen LogP contribution < -0.4 is 5.32 Å². The molecule has 0 spiro atoms. The van der Waals surface area contributed by atoms with E-state index in [-0.39, 0.29) is 22.8 Å². The molecule has 1 aromatic rings. The first-order valence-corrected chi connectivity index (χ1v) is 5.75. The van der Waals surface area contributed by atoms with Crippen molar-refractivity contribution in [3.63, 3.8) is 0 Å². The Morgan fingerprint density at radius 1 is 1.41 bits per heavy atom. The largest absolute Gasteiger partial charge is 0.379 e. The average Bonchev–Trinajstić information content (AvgIpc) is 2.77. The third-order valence-electron chi connectivity index (χ3n) is 3.20. The Labute approximate surface area is 99.9 Å². The minimum absolute atomic E-state index is 0.120. The molecule has 2 atom stereocenters. The minimum Gasteiger partial charge on any atom is -0.379 e. The van der Waals surface area contributed by atoms with Crippen molar-refractivity contribution in [2.75, 3.05) is 12.4 Å². The quantitative estimate of drug-likeness (QED) is 0.644. The summed E-state index contributed by atoms with van der Waals surface area (Å²) in [6.07, 6.45) is 3.24. The van der Waals surface area contributed by atoms with E-state index in [2.05, 4.69) is 5.32 Å². The molecule has 2 rings (SSSR count). The number of rotatable bonds is 4. The third-order valence-corrected chi connectivity index (χ3v) is 3.20. The van der Waals surface area contributed by atoms with Crippen LogP contribution in [-0.4, -0.2) is 24.2 Å². The van der Waals surface area contributed by atoms with E-state index in [0.29, 0.717) is 5.69 Å². The van der Waals surface area contributed by atoms with Gasteiger partial charge in [-0.3, -0.25) is 10.1 Å². The van der Waals surface area contributed by atoms with Gasteiger partial charge in [-0.1, -0.05) is 12.1 Å². The fourth-order valence-corrected chi connectivity index (χ4v) is 2.33. The number of methoxy groups -OCH3 is 1. The zero-order valence-electron chi connectivity index (χ0n) is 9.76. The van der Waals surface area contributed by atoms with Crippen LogP contribution in [0.2, 0.25) is 0 Å². The number of nitrogens with zero attached hydrogens (tertiary/aromatic N) is 1. The number of hydrogen-bond donors (Lipinski definition) is 1. The van der Waals surface area contributed by atoms with Crippen LogP contribution in [0.1, 0.15) is 19.3 Å². The summed E-state index contributed by atoms with van der Waals surface area (Å²) in [5, 5.41) is 14.1. The molecule has 0 radical (unpaired) electrons. The van der Waals surface area contributed by atoms with E-state index in [0.717, 1.165) is 19.3 Å². The Balaban J connectivity index is 2.15. The standard InChI is InChI=1S/C12H16N2O3/c1-17-12-8-4-6-10(12)13-9-5-2-3-7-11(9)14(15)16/h2-3,5,7,10,12-13H,4,6,8H2,1H3. The molecule has 1 aliphatic rings. The van der Waals surface area contributed by atoms with Crippen LogP contribution in [0.25, 0.3) is 0 Å². The van der Waals surface area contributed by atoms with Crippen LogP contribution in [0.4, 0.5) is 11.4 Å². The predicted octanol–water partition coefficient (Wildman–Crippen LogP) is 2.57. The molecule has 1 saturated carbocycles. The maximum absolute atomic E-state index is 10.9. The van der Waals surface area contributed by atoms with Crippen molar-refractivity contribution in [3.8, 4) is 0 Å². The number of para-hydroxylation sites is 2. The zero-order chi connectivity index (χ0) is 12.3. The summed E-state index contributed by atoms with van der Waals surface area (Å²) in [6.45, 7) is 0. The predicted molar refractivity (Wildman–Crippen MR) is 65.2 cm³/mol. The highest BCUT2D eigenvalue weighted by atomic mass is 16.6. The van der Waals surface area contributed by atoms with Crippen molar-refractivity contribution in [1.29, 1.82) is 0 Å². The van der Waals surface area contributed by atoms with Gasteiger partial charge >= 0.3 is 0 Å². The molecule has 0 aromatic heterocycles. The van der Waals surface area contributed by atoms with E-state index in [4.69, 9.17) is 4.74 Å². The molecule has 0 aliphatic heterocycles. The van der Waals surface area contributed by atoms with Crippen LogP contribution in [-0.2, 0) is 4.74 Å². The molecule has 1 aliphatic carbocycles. The molecular weight excluding hydrogens is 220 g/mol. The van der Waals surface area contributed by atoms with Gasteiger partial charge in [0.1, 0.15) is 5.69 Å². The molecule has 1 aromatic carbocycles. The first kappa shape index (κ1) is 11.9. The van der Waals surface area contributed by atoms with Gasteiger partial charge in [-0.05, 0) is 25.3 Å². The molecule has 5 nitrogen and oxygen atoms in total. The van der Waals surface area contributed by atoms with Crippen molar-refractivity contribution in [2.24, 2.45) is 0 Å². The Morgan fingerprint density at radius 3 is 2.88 bits per heavy atom. The molecule has 1 fully saturated rings. The molecule has 0 saturated heterocycles. The summed E-state index contributed by atoms with van der Waals surface area (Å²) in [5.74, 6) is 0. The molecule has 92 valence electrons. The first-order valence-electron chi connectivity index (χ1n) is 5.75. The maximum Gasteiger partial charge on any atom is 0.292 e. The summed E-state index contributed by atoms with van der Waals surface area (Å²) < 4.78 is 5.36. The normalized spacial score (nSPS) is 23.6. The van der Waals surface area contributed by atoms with Crippen LogP contribution in [0.15, 0.2) is 24.3 Å². The van der Waals surface area contributed by atoms with Crippen molar-refractivity contribution in [2.45, 2.75) is 31.4 Å². The molecular formula is C12H16N2O3. The number of nitro groups is 1. The Kier molecular flexibility index (Phi) is 3.58. The molecule has 1 N–H and O–H groups in total. The van der Waals surface area contributed by atoms with Gasteiger partial charge in [-0.15, -0.1) is 0 Å². The average molecular weight is 236 g/mol. The Bertz CT molecular complexity index is 408. The Morgan fingerprint density at radius 2 is 2.18 bits per heavy atom. The van der Waals surface area contributed by atoms with Gasteiger partial charge in [-0.2, -0.15) is 0 Å². The van der Waals surface area contributed by atoms with E-state index in [1.54, 1.807) is 25.3 Å². The van der Waals surface area contributed by atoms with E-state index >= 15 is 0 Å². The van der Waals surface area contributed by atoms with Crippen molar-refractivity contribution in [1.82, 2.24) is 0 Å². The second-order valence-electron chi connectivity index (χ2n) is 4.23. The minimum atomic E-state index is -0.362. The number of ether oxygens (including phenoxy) is 1. The topological polar surface area (TPSA) is 64.4 Å². The smallest absolute Gasteiger partial charge is 0.292 e. The van der Waals surface area contributed by atoms with Gasteiger partial charge in [0.15, 0.2) is 0 Å². The zero-order valence-corrected chi connectivity index (χ0v) is 9.76. The van der Waals surface area contributed by atoms with Crippen LogP contribution >= 0.6 is 0 Å². The monoisotopic (exact) mass is 236 g/mol. The lowest BCUT2D eigenvalue weighted by Gasteiger charge is -2.20. The summed E-state index contributed by atoms with van der Waals surface area (Å²) >= 11 is 0. The molecule has 2 unspecified atom stereocenters. The highest BCUT2D eigenvalue weighted by molar-refractivity contribution is 5.61. The Hall–Kier alpha value is -1.62. The lowest BCUT2D eigenvalue weighted by atomic mass is 10.2. The van der Waals surface area contributed by atoms with Gasteiger partial charge < -0.3 is 10.1 Å². The number of nitro benzene ring substituents is 1. The van der Waals surface area contributed by atoms with E-state index in [1.807, 2.05) is 0 Å². The second-order valence-corrected chi connectivity index (χ2v) is 4.23. The highest BCUT2D eigenvalue weighted by Gasteiger charge is 2.28. The third kappa shape index (κ3) is 2.55. The number of hydrogen-bond acceptors (Lipinski definition) is 4. The summed E-state index contributed by atoms with van der Waals surface area (Å²) in [6, 6.07) is 6.89. The number of benzene rings is 1. The molecule has 0 heterocycles. The molecule has 0 amide bonds. The molecule has 0 bridgehead atoms. The second kappa shape index (κ2) is 5.14. The fraction of sp³-hybridized carbons (Fsp3) is 0.500. The van der Waals surface area contributed by atoms with Crippen molar-refractivity contribution >= 4 is 11.4 Å². The van der Waals surface area contributed by atoms with Gasteiger partial charge in [0.05, 0.1) is 17.1 Å². The van der Waals surface area contributed by atoms with E-state index < -0.39 is 0 Å². The summed E-state index contributed by atoms with van der Waals surface area (Å²) in [5.41, 5.74) is 0.695. The SMILES string of the molecule is COC1CCCC1Nc1ccccc1[N+](=O)[O-]. The van der Waals surface area contributed by atoms with Crippen molar-refractivity contribution in [3.05, 3.63) is 34.4 Å². The van der Waals surface area contributed by atoms with Gasteiger partial charge in [-0.25, -0.2) is 0 Å². The molecule has 17 heavy (non-hydrogen) atoms. The van der Waals surface area contributed by atoms with Crippen LogP contribution in [0, 0.1) is 10.1 Å². The maximum atomic E-state index is 10.9. The van der Waals surface area contributed by atoms with E-state index in [9.17, 15) is 10.1 Å². The summed E-state index contributed by atoms with van der Waals surface area (Å²) in [7, 11) is 1.68. The first-order chi connectivity index (χ1) is 8.22. The van der Waals surface area contributed by atoms with Crippen molar-refractivity contribution < 1.29 is 9.66 Å². The molecule has 5 heteroatoms. The van der Waals surface area contributed by atoms with Gasteiger partial charge in [0, 0.05) is 13.2 Å². The van der Waals surface area contributed by atoms with Gasteiger partial charge in [0.2, 0.25) is 0 Å². The number of anilines is 1. The van der Waals surface area contributed by atoms with Gasteiger partial charge in [0.25, 0.3) is 5.69 Å². The highest BCUT2D eigenvalue weighted by Crippen LogP contribution is 2.29. The van der Waals surface area contributed by atoms with Crippen LogP contribution in [0.5, 0.6) is 0 Å². The lowest BCUT2D eigenvalue weighted by Crippen LogP contribution is -2.29. The van der Waals surface area contributed by atoms with Crippen LogP contribution in [0.3, 0.4) is 0 Å².